The number of nitro groups is 1. The zero-order valence-corrected chi connectivity index (χ0v) is 10.7. The molecule has 0 bridgehead atoms. The van der Waals surface area contributed by atoms with E-state index in [0.717, 1.165) is 0 Å². The summed E-state index contributed by atoms with van der Waals surface area (Å²) in [6, 6.07) is 5.91. The Morgan fingerprint density at radius 3 is 2.80 bits per heavy atom. The molecule has 1 fully saturated rings. The molecule has 0 radical (unpaired) electrons. The van der Waals surface area contributed by atoms with Crippen molar-refractivity contribution in [1.82, 2.24) is 4.90 Å². The van der Waals surface area contributed by atoms with Gasteiger partial charge in [-0.3, -0.25) is 19.7 Å². The average molecular weight is 278 g/mol. The molecule has 1 unspecified atom stereocenters. The Bertz CT molecular complexity index is 557. The number of hydrogen-bond donors (Lipinski definition) is 1. The van der Waals surface area contributed by atoms with Crippen molar-refractivity contribution in [3.63, 3.8) is 0 Å². The van der Waals surface area contributed by atoms with Crippen molar-refractivity contribution in [3.8, 4) is 0 Å². The van der Waals surface area contributed by atoms with Gasteiger partial charge in [-0.2, -0.15) is 0 Å². The van der Waals surface area contributed by atoms with Crippen molar-refractivity contribution in [2.24, 2.45) is 5.92 Å². The first-order valence-corrected chi connectivity index (χ1v) is 6.21. The lowest BCUT2D eigenvalue weighted by atomic mass is 10.1. The number of aliphatic carboxylic acids is 1. The van der Waals surface area contributed by atoms with E-state index in [-0.39, 0.29) is 24.6 Å². The Balaban J connectivity index is 2.00. The first kappa shape index (κ1) is 14.0. The number of hydrogen-bond acceptors (Lipinski definition) is 4. The molecule has 1 aromatic rings. The summed E-state index contributed by atoms with van der Waals surface area (Å²) in [7, 11) is 0. The van der Waals surface area contributed by atoms with Crippen LogP contribution < -0.4 is 0 Å². The third kappa shape index (κ3) is 3.11. The van der Waals surface area contributed by atoms with Crippen molar-refractivity contribution in [1.29, 1.82) is 0 Å². The minimum atomic E-state index is -0.893. The SMILES string of the molecule is O=C(O)C1CCN(C(=O)Cc2cccc([N+](=O)[O-])c2)C1. The monoisotopic (exact) mass is 278 g/mol. The highest BCUT2D eigenvalue weighted by Crippen LogP contribution is 2.19. The number of amides is 1. The van der Waals surface area contributed by atoms with Gasteiger partial charge >= 0.3 is 5.97 Å². The van der Waals surface area contributed by atoms with Crippen LogP contribution in [0.2, 0.25) is 0 Å². The molecule has 7 heteroatoms. The van der Waals surface area contributed by atoms with Crippen molar-refractivity contribution >= 4 is 17.6 Å². The van der Waals surface area contributed by atoms with Crippen LogP contribution in [-0.4, -0.2) is 39.9 Å². The maximum absolute atomic E-state index is 12.0. The smallest absolute Gasteiger partial charge is 0.308 e. The van der Waals surface area contributed by atoms with Crippen LogP contribution in [-0.2, 0) is 16.0 Å². The van der Waals surface area contributed by atoms with Crippen LogP contribution in [0.1, 0.15) is 12.0 Å². The van der Waals surface area contributed by atoms with E-state index in [9.17, 15) is 19.7 Å². The van der Waals surface area contributed by atoms with Gasteiger partial charge in [0.1, 0.15) is 0 Å². The molecule has 1 N–H and O–H groups in total. The zero-order valence-electron chi connectivity index (χ0n) is 10.7. The maximum atomic E-state index is 12.0. The molecule has 0 aromatic heterocycles. The van der Waals surface area contributed by atoms with E-state index < -0.39 is 16.8 Å². The largest absolute Gasteiger partial charge is 0.481 e. The molecule has 1 aliphatic heterocycles. The predicted molar refractivity (Wildman–Crippen MR) is 69.1 cm³/mol. The fourth-order valence-corrected chi connectivity index (χ4v) is 2.25. The number of carbonyl (C=O) groups excluding carboxylic acids is 1. The summed E-state index contributed by atoms with van der Waals surface area (Å²) in [5, 5.41) is 19.5. The summed E-state index contributed by atoms with van der Waals surface area (Å²) in [6.07, 6.45) is 0.504. The fourth-order valence-electron chi connectivity index (χ4n) is 2.25. The molecule has 1 amide bonds. The Morgan fingerprint density at radius 2 is 2.20 bits per heavy atom. The first-order chi connectivity index (χ1) is 9.47. The Kier molecular flexibility index (Phi) is 3.97. The van der Waals surface area contributed by atoms with Gasteiger partial charge < -0.3 is 10.0 Å². The molecule has 0 spiro atoms. The standard InChI is InChI=1S/C13H14N2O5/c16-12(14-5-4-10(8-14)13(17)18)7-9-2-1-3-11(6-9)15(19)20/h1-3,6,10H,4-5,7-8H2,(H,17,18). The minimum absolute atomic E-state index is 0.0496. The number of nitrogens with zero attached hydrogens (tertiary/aromatic N) is 2. The maximum Gasteiger partial charge on any atom is 0.308 e. The molecule has 106 valence electrons. The van der Waals surface area contributed by atoms with E-state index in [0.29, 0.717) is 18.5 Å². The van der Waals surface area contributed by atoms with Crippen molar-refractivity contribution in [2.45, 2.75) is 12.8 Å². The average Bonchev–Trinajstić information content (AvgIpc) is 2.88. The van der Waals surface area contributed by atoms with E-state index in [4.69, 9.17) is 5.11 Å². The van der Waals surface area contributed by atoms with Gasteiger partial charge in [0, 0.05) is 25.2 Å². The van der Waals surface area contributed by atoms with E-state index in [1.54, 1.807) is 6.07 Å². The molecule has 2 rings (SSSR count). The van der Waals surface area contributed by atoms with Crippen LogP contribution in [0, 0.1) is 16.0 Å². The number of rotatable bonds is 4. The van der Waals surface area contributed by atoms with Crippen molar-refractivity contribution < 1.29 is 19.6 Å². The van der Waals surface area contributed by atoms with Crippen molar-refractivity contribution in [3.05, 3.63) is 39.9 Å². The second-order valence-corrected chi connectivity index (χ2v) is 4.77. The summed E-state index contributed by atoms with van der Waals surface area (Å²) in [6.45, 7) is 0.633. The molecule has 0 aliphatic carbocycles. The van der Waals surface area contributed by atoms with Gasteiger partial charge in [-0.05, 0) is 12.0 Å². The Morgan fingerprint density at radius 1 is 1.45 bits per heavy atom. The summed E-state index contributed by atoms with van der Waals surface area (Å²) >= 11 is 0. The van der Waals surface area contributed by atoms with Crippen LogP contribution in [0.4, 0.5) is 5.69 Å². The van der Waals surface area contributed by atoms with Gasteiger partial charge in [0.05, 0.1) is 17.3 Å². The number of nitro benzene ring substituents is 1. The lowest BCUT2D eigenvalue weighted by Crippen LogP contribution is -2.31. The number of carbonyl (C=O) groups is 2. The predicted octanol–water partition coefficient (Wildman–Crippen LogP) is 1.07. The molecule has 7 nitrogen and oxygen atoms in total. The molecule has 1 saturated heterocycles. The van der Waals surface area contributed by atoms with Gasteiger partial charge in [-0.1, -0.05) is 12.1 Å². The molecule has 0 saturated carbocycles. The normalized spacial score (nSPS) is 18.0. The lowest BCUT2D eigenvalue weighted by Gasteiger charge is -2.15. The minimum Gasteiger partial charge on any atom is -0.481 e. The summed E-state index contributed by atoms with van der Waals surface area (Å²) in [5.41, 5.74) is 0.503. The molecule has 1 atom stereocenters. The van der Waals surface area contributed by atoms with Crippen LogP contribution in [0.3, 0.4) is 0 Å². The third-order valence-corrected chi connectivity index (χ3v) is 3.37. The Hall–Kier alpha value is -2.44. The van der Waals surface area contributed by atoms with E-state index in [1.807, 2.05) is 0 Å². The van der Waals surface area contributed by atoms with Gasteiger partial charge in [0.15, 0.2) is 0 Å². The van der Waals surface area contributed by atoms with Gasteiger partial charge in [0.2, 0.25) is 5.91 Å². The van der Waals surface area contributed by atoms with Crippen LogP contribution in [0.25, 0.3) is 0 Å². The van der Waals surface area contributed by atoms with E-state index >= 15 is 0 Å². The van der Waals surface area contributed by atoms with Gasteiger partial charge in [-0.25, -0.2) is 0 Å². The van der Waals surface area contributed by atoms with E-state index in [2.05, 4.69) is 0 Å². The highest BCUT2D eigenvalue weighted by molar-refractivity contribution is 5.80. The molecule has 1 aliphatic rings. The molecular weight excluding hydrogens is 264 g/mol. The van der Waals surface area contributed by atoms with Crippen LogP contribution in [0.5, 0.6) is 0 Å². The summed E-state index contributed by atoms with van der Waals surface area (Å²) in [4.78, 5) is 34.5. The third-order valence-electron chi connectivity index (χ3n) is 3.37. The number of non-ortho nitro benzene ring substituents is 1. The fraction of sp³-hybridized carbons (Fsp3) is 0.385. The quantitative estimate of drug-likeness (QED) is 0.655. The van der Waals surface area contributed by atoms with Crippen LogP contribution >= 0.6 is 0 Å². The lowest BCUT2D eigenvalue weighted by molar-refractivity contribution is -0.384. The summed E-state index contributed by atoms with van der Waals surface area (Å²) in [5.74, 6) is -1.60. The Labute approximate surface area is 115 Å². The second-order valence-electron chi connectivity index (χ2n) is 4.77. The first-order valence-electron chi connectivity index (χ1n) is 6.21. The number of likely N-dealkylation sites (tertiary alicyclic amines) is 1. The number of carboxylic acid groups (broad SMARTS) is 1. The van der Waals surface area contributed by atoms with Gasteiger partial charge in [-0.15, -0.1) is 0 Å². The zero-order chi connectivity index (χ0) is 14.7. The van der Waals surface area contributed by atoms with Crippen molar-refractivity contribution in [2.75, 3.05) is 13.1 Å². The molecule has 1 aromatic carbocycles. The number of carboxylic acids is 1. The second kappa shape index (κ2) is 5.68. The highest BCUT2D eigenvalue weighted by atomic mass is 16.6. The van der Waals surface area contributed by atoms with Gasteiger partial charge in [0.25, 0.3) is 5.69 Å². The topological polar surface area (TPSA) is 101 Å². The number of benzene rings is 1. The van der Waals surface area contributed by atoms with Crippen LogP contribution in [0.15, 0.2) is 24.3 Å². The summed E-state index contributed by atoms with van der Waals surface area (Å²) < 4.78 is 0. The molecule has 1 heterocycles. The highest BCUT2D eigenvalue weighted by Gasteiger charge is 2.30. The van der Waals surface area contributed by atoms with E-state index in [1.165, 1.54) is 23.1 Å². The molecule has 20 heavy (non-hydrogen) atoms. The molecular formula is C13H14N2O5.